The zero-order valence-corrected chi connectivity index (χ0v) is 16.5. The number of β-amino-alcohol motifs (C(OH)–C–C–N with tert-alkyl or cyclic N) is 1. The molecular formula is C23H24N2O4. The molecule has 2 heterocycles. The van der Waals surface area contributed by atoms with Gasteiger partial charge in [0.25, 0.3) is 5.91 Å². The Labute approximate surface area is 169 Å². The molecule has 2 atom stereocenters. The number of carbonyl (C=O) groups is 1. The Kier molecular flexibility index (Phi) is 5.36. The van der Waals surface area contributed by atoms with E-state index < -0.39 is 6.10 Å². The number of fused-ring (bicyclic) bond motifs is 1. The minimum Gasteiger partial charge on any atom is -0.496 e. The normalized spacial score (nSPS) is 19.2. The molecule has 6 nitrogen and oxygen atoms in total. The number of aliphatic hydroxyl groups excluding tert-OH is 1. The van der Waals surface area contributed by atoms with E-state index in [-0.39, 0.29) is 18.6 Å². The predicted octanol–water partition coefficient (Wildman–Crippen LogP) is 3.21. The van der Waals surface area contributed by atoms with E-state index in [2.05, 4.69) is 4.98 Å². The number of ether oxygens (including phenoxy) is 2. The average Bonchev–Trinajstić information content (AvgIpc) is 2.74. The first-order chi connectivity index (χ1) is 14.1. The third-order valence-corrected chi connectivity index (χ3v) is 5.33. The number of hydrogen-bond donors (Lipinski definition) is 1. The third kappa shape index (κ3) is 3.89. The van der Waals surface area contributed by atoms with Crippen LogP contribution in [0, 0.1) is 6.92 Å². The predicted molar refractivity (Wildman–Crippen MR) is 110 cm³/mol. The lowest BCUT2D eigenvalue weighted by Crippen LogP contribution is -2.51. The maximum Gasteiger partial charge on any atom is 0.253 e. The molecule has 1 N–H and O–H groups in total. The first-order valence-electron chi connectivity index (χ1n) is 9.69. The van der Waals surface area contributed by atoms with Gasteiger partial charge in [0.2, 0.25) is 0 Å². The number of hydrogen-bond acceptors (Lipinski definition) is 5. The van der Waals surface area contributed by atoms with Crippen molar-refractivity contribution in [3.05, 3.63) is 65.9 Å². The number of pyridine rings is 1. The number of methoxy groups -OCH3 is 1. The Hall–Kier alpha value is -3.12. The van der Waals surface area contributed by atoms with Crippen molar-refractivity contribution < 1.29 is 19.4 Å². The molecule has 0 spiro atoms. The molecule has 0 bridgehead atoms. The summed E-state index contributed by atoms with van der Waals surface area (Å²) in [6.45, 7) is 2.66. The number of benzene rings is 2. The molecule has 6 heteroatoms. The summed E-state index contributed by atoms with van der Waals surface area (Å²) in [5.41, 5.74) is 2.35. The highest BCUT2D eigenvalue weighted by molar-refractivity contribution is 5.94. The van der Waals surface area contributed by atoms with E-state index >= 15 is 0 Å². The zero-order valence-electron chi connectivity index (χ0n) is 16.5. The van der Waals surface area contributed by atoms with Gasteiger partial charge in [0.15, 0.2) is 0 Å². The number of carbonyl (C=O) groups excluding carboxylic acids is 1. The molecule has 0 aliphatic carbocycles. The SMILES string of the molecule is COc1ccc(C(=O)N2CC[C@@H](Oc3cccc4ncccc34)[C@H](O)C2)cc1C. The summed E-state index contributed by atoms with van der Waals surface area (Å²) < 4.78 is 11.4. The lowest BCUT2D eigenvalue weighted by atomic mass is 10.0. The molecule has 150 valence electrons. The molecule has 1 amide bonds. The summed E-state index contributed by atoms with van der Waals surface area (Å²) in [4.78, 5) is 18.9. The topological polar surface area (TPSA) is 71.9 Å². The van der Waals surface area contributed by atoms with Crippen molar-refractivity contribution in [3.8, 4) is 11.5 Å². The highest BCUT2D eigenvalue weighted by Crippen LogP contribution is 2.28. The van der Waals surface area contributed by atoms with Gasteiger partial charge in [-0.15, -0.1) is 0 Å². The van der Waals surface area contributed by atoms with Crippen LogP contribution < -0.4 is 9.47 Å². The van der Waals surface area contributed by atoms with Crippen molar-refractivity contribution in [2.45, 2.75) is 25.6 Å². The summed E-state index contributed by atoms with van der Waals surface area (Å²) in [6, 6.07) is 14.9. The van der Waals surface area contributed by atoms with E-state index in [4.69, 9.17) is 9.47 Å². The molecular weight excluding hydrogens is 368 g/mol. The molecule has 3 aromatic rings. The molecule has 1 aliphatic heterocycles. The van der Waals surface area contributed by atoms with Crippen LogP contribution in [0.2, 0.25) is 0 Å². The second-order valence-electron chi connectivity index (χ2n) is 7.27. The van der Waals surface area contributed by atoms with Crippen molar-refractivity contribution in [1.82, 2.24) is 9.88 Å². The van der Waals surface area contributed by atoms with Gasteiger partial charge < -0.3 is 19.5 Å². The number of piperidine rings is 1. The Morgan fingerprint density at radius 3 is 2.79 bits per heavy atom. The number of aryl methyl sites for hydroxylation is 1. The molecule has 1 aromatic heterocycles. The number of nitrogens with zero attached hydrogens (tertiary/aromatic N) is 2. The molecule has 2 aromatic carbocycles. The largest absolute Gasteiger partial charge is 0.496 e. The number of amides is 1. The molecule has 4 rings (SSSR count). The fourth-order valence-corrected chi connectivity index (χ4v) is 3.77. The fraction of sp³-hybridized carbons (Fsp3) is 0.304. The molecule has 1 aliphatic rings. The van der Waals surface area contributed by atoms with E-state index in [1.165, 1.54) is 0 Å². The van der Waals surface area contributed by atoms with Gasteiger partial charge in [-0.25, -0.2) is 0 Å². The zero-order chi connectivity index (χ0) is 20.4. The Morgan fingerprint density at radius 2 is 2.03 bits per heavy atom. The van der Waals surface area contributed by atoms with Crippen LogP contribution in [-0.4, -0.2) is 53.3 Å². The van der Waals surface area contributed by atoms with Crippen LogP contribution in [0.25, 0.3) is 10.9 Å². The van der Waals surface area contributed by atoms with E-state index in [0.717, 1.165) is 22.2 Å². The number of aromatic nitrogens is 1. The van der Waals surface area contributed by atoms with E-state index in [9.17, 15) is 9.90 Å². The van der Waals surface area contributed by atoms with Gasteiger partial charge >= 0.3 is 0 Å². The number of aliphatic hydroxyl groups is 1. The summed E-state index contributed by atoms with van der Waals surface area (Å²) in [6.07, 6.45) is 1.16. The monoisotopic (exact) mass is 392 g/mol. The summed E-state index contributed by atoms with van der Waals surface area (Å²) in [5.74, 6) is 1.35. The van der Waals surface area contributed by atoms with Crippen LogP contribution >= 0.6 is 0 Å². The second kappa shape index (κ2) is 8.09. The first-order valence-corrected chi connectivity index (χ1v) is 9.69. The maximum atomic E-state index is 12.9. The molecule has 1 saturated heterocycles. The Balaban J connectivity index is 1.45. The summed E-state index contributed by atoms with van der Waals surface area (Å²) in [5, 5.41) is 11.6. The summed E-state index contributed by atoms with van der Waals surface area (Å²) in [7, 11) is 1.61. The Morgan fingerprint density at radius 1 is 1.17 bits per heavy atom. The highest BCUT2D eigenvalue weighted by atomic mass is 16.5. The van der Waals surface area contributed by atoms with Crippen LogP contribution in [0.15, 0.2) is 54.7 Å². The molecule has 29 heavy (non-hydrogen) atoms. The van der Waals surface area contributed by atoms with Crippen LogP contribution in [0.5, 0.6) is 11.5 Å². The minimum absolute atomic E-state index is 0.0948. The van der Waals surface area contributed by atoms with Crippen molar-refractivity contribution in [3.63, 3.8) is 0 Å². The molecule has 0 radical (unpaired) electrons. The van der Waals surface area contributed by atoms with Crippen molar-refractivity contribution >= 4 is 16.8 Å². The standard InChI is InChI=1S/C23H24N2O4/c1-15-13-16(8-9-20(15)28-2)23(27)25-12-10-22(19(26)14-25)29-21-7-3-6-18-17(21)5-4-11-24-18/h3-9,11,13,19,22,26H,10,12,14H2,1-2H3/t19-,22-/m1/s1. The second-order valence-corrected chi connectivity index (χ2v) is 7.27. The van der Waals surface area contributed by atoms with E-state index in [0.29, 0.717) is 24.3 Å². The molecule has 1 fully saturated rings. The minimum atomic E-state index is -0.765. The quantitative estimate of drug-likeness (QED) is 0.738. The molecule has 0 unspecified atom stereocenters. The van der Waals surface area contributed by atoms with Gasteiger partial charge in [-0.1, -0.05) is 6.07 Å². The Bertz CT molecular complexity index is 1030. The lowest BCUT2D eigenvalue weighted by molar-refractivity contribution is -0.0193. The maximum absolute atomic E-state index is 12.9. The van der Waals surface area contributed by atoms with Gasteiger partial charge in [-0.2, -0.15) is 0 Å². The van der Waals surface area contributed by atoms with Gasteiger partial charge in [-0.05, 0) is 55.0 Å². The van der Waals surface area contributed by atoms with Crippen molar-refractivity contribution in [2.24, 2.45) is 0 Å². The number of rotatable bonds is 4. The van der Waals surface area contributed by atoms with E-state index in [1.54, 1.807) is 30.3 Å². The summed E-state index contributed by atoms with van der Waals surface area (Å²) >= 11 is 0. The van der Waals surface area contributed by atoms with Crippen molar-refractivity contribution in [2.75, 3.05) is 20.2 Å². The van der Waals surface area contributed by atoms with Gasteiger partial charge in [0, 0.05) is 30.1 Å². The average molecular weight is 392 g/mol. The van der Waals surface area contributed by atoms with E-state index in [1.807, 2.05) is 43.3 Å². The highest BCUT2D eigenvalue weighted by Gasteiger charge is 2.32. The first kappa shape index (κ1) is 19.2. The van der Waals surface area contributed by atoms with Gasteiger partial charge in [-0.3, -0.25) is 9.78 Å². The van der Waals surface area contributed by atoms with Crippen LogP contribution in [0.1, 0.15) is 22.3 Å². The third-order valence-electron chi connectivity index (χ3n) is 5.33. The van der Waals surface area contributed by atoms with Gasteiger partial charge in [0.1, 0.15) is 23.7 Å². The lowest BCUT2D eigenvalue weighted by Gasteiger charge is -2.36. The fourth-order valence-electron chi connectivity index (χ4n) is 3.77. The van der Waals surface area contributed by atoms with Gasteiger partial charge in [0.05, 0.1) is 19.2 Å². The number of likely N-dealkylation sites (tertiary alicyclic amines) is 1. The van der Waals surface area contributed by atoms with Crippen LogP contribution in [0.3, 0.4) is 0 Å². The molecule has 0 saturated carbocycles. The van der Waals surface area contributed by atoms with Crippen LogP contribution in [0.4, 0.5) is 0 Å². The smallest absolute Gasteiger partial charge is 0.253 e. The van der Waals surface area contributed by atoms with Crippen LogP contribution in [-0.2, 0) is 0 Å². The van der Waals surface area contributed by atoms with Crippen molar-refractivity contribution in [1.29, 1.82) is 0 Å².